The summed E-state index contributed by atoms with van der Waals surface area (Å²) in [5.41, 5.74) is 4.80. The second-order valence-electron chi connectivity index (χ2n) is 9.00. The van der Waals surface area contributed by atoms with E-state index in [-0.39, 0.29) is 17.2 Å². The molecule has 1 fully saturated rings. The van der Waals surface area contributed by atoms with Crippen molar-refractivity contribution >= 4 is 39.6 Å². The van der Waals surface area contributed by atoms with Crippen LogP contribution in [0.4, 0.5) is 0 Å². The molecule has 33 heavy (non-hydrogen) atoms. The van der Waals surface area contributed by atoms with Gasteiger partial charge in [0.15, 0.2) is 5.16 Å². The van der Waals surface area contributed by atoms with Crippen LogP contribution in [0.15, 0.2) is 52.4 Å². The minimum atomic E-state index is -0.147. The zero-order chi connectivity index (χ0) is 23.1. The van der Waals surface area contributed by atoms with Crippen LogP contribution >= 0.6 is 11.8 Å². The number of fused-ring (bicyclic) bond motifs is 3. The maximum absolute atomic E-state index is 13.7. The van der Waals surface area contributed by atoms with E-state index in [9.17, 15) is 9.59 Å². The van der Waals surface area contributed by atoms with Gasteiger partial charge in [0.25, 0.3) is 5.56 Å². The Morgan fingerprint density at radius 3 is 2.67 bits per heavy atom. The van der Waals surface area contributed by atoms with Gasteiger partial charge in [-0.3, -0.25) is 14.2 Å². The maximum Gasteiger partial charge on any atom is 0.283 e. The first kappa shape index (κ1) is 21.8. The summed E-state index contributed by atoms with van der Waals surface area (Å²) in [6, 6.07) is 13.7. The molecule has 4 aromatic rings. The van der Waals surface area contributed by atoms with Crippen LogP contribution in [0, 0.1) is 19.8 Å². The number of carbonyl (C=O) groups is 1. The Bertz CT molecular complexity index is 1410. The number of aryl methyl sites for hydroxylation is 1. The van der Waals surface area contributed by atoms with Crippen molar-refractivity contribution < 1.29 is 4.79 Å². The lowest BCUT2D eigenvalue weighted by atomic mass is 9.99. The molecule has 0 bridgehead atoms. The van der Waals surface area contributed by atoms with Crippen LogP contribution in [0.1, 0.15) is 30.9 Å². The number of aromatic amines is 1. The monoisotopic (exact) mass is 460 g/mol. The van der Waals surface area contributed by atoms with E-state index >= 15 is 0 Å². The van der Waals surface area contributed by atoms with E-state index in [2.05, 4.69) is 11.9 Å². The number of rotatable bonds is 4. The number of likely N-dealkylation sites (tertiary alicyclic amines) is 1. The molecule has 0 radical (unpaired) electrons. The third kappa shape index (κ3) is 3.95. The molecule has 1 amide bonds. The lowest BCUT2D eigenvalue weighted by Crippen LogP contribution is -2.39. The third-order valence-corrected chi connectivity index (χ3v) is 7.70. The molecule has 1 saturated heterocycles. The van der Waals surface area contributed by atoms with Crippen LogP contribution in [0.5, 0.6) is 0 Å². The van der Waals surface area contributed by atoms with Gasteiger partial charge in [0, 0.05) is 24.0 Å². The molecular formula is C26H28N4O2S. The molecule has 1 N–H and O–H groups in total. The van der Waals surface area contributed by atoms with Crippen molar-refractivity contribution in [2.75, 3.05) is 18.8 Å². The number of carbonyl (C=O) groups excluding carboxylic acids is 1. The average Bonchev–Trinajstić information content (AvgIpc) is 3.19. The molecule has 1 aliphatic rings. The summed E-state index contributed by atoms with van der Waals surface area (Å²) in [6.45, 7) is 7.89. The van der Waals surface area contributed by atoms with Crippen molar-refractivity contribution in [3.8, 4) is 5.69 Å². The SMILES string of the molecule is Cc1cccc(-n2c(SCC(=O)N3CCC(C)CC3)nc3c([nH]c4ccccc43)c2=O)c1C. The summed E-state index contributed by atoms with van der Waals surface area (Å²) < 4.78 is 1.66. The van der Waals surface area contributed by atoms with E-state index in [1.807, 2.05) is 61.2 Å². The van der Waals surface area contributed by atoms with Crippen LogP contribution in [0.3, 0.4) is 0 Å². The lowest BCUT2D eigenvalue weighted by molar-refractivity contribution is -0.129. The van der Waals surface area contributed by atoms with Gasteiger partial charge < -0.3 is 9.88 Å². The predicted octanol–water partition coefficient (Wildman–Crippen LogP) is 4.83. The number of piperidine rings is 1. The second kappa shape index (κ2) is 8.71. The summed E-state index contributed by atoms with van der Waals surface area (Å²) >= 11 is 1.35. The number of aromatic nitrogens is 3. The molecule has 2 aromatic carbocycles. The molecule has 5 rings (SSSR count). The highest BCUT2D eigenvalue weighted by molar-refractivity contribution is 7.99. The summed E-state index contributed by atoms with van der Waals surface area (Å²) in [5, 5.41) is 1.46. The molecule has 1 aliphatic heterocycles. The molecule has 2 aromatic heterocycles. The van der Waals surface area contributed by atoms with E-state index in [1.165, 1.54) is 11.8 Å². The maximum atomic E-state index is 13.7. The molecule has 0 unspecified atom stereocenters. The standard InChI is InChI=1S/C26H28N4O2S/c1-16-11-13-29(14-12-16)22(31)15-33-26-28-23-19-8-4-5-9-20(19)27-24(23)25(32)30(26)21-10-6-7-17(2)18(21)3/h4-10,16,27H,11-15H2,1-3H3. The molecular weight excluding hydrogens is 432 g/mol. The van der Waals surface area contributed by atoms with Crippen molar-refractivity contribution in [2.24, 2.45) is 5.92 Å². The molecule has 0 atom stereocenters. The fraction of sp³-hybridized carbons (Fsp3) is 0.346. The van der Waals surface area contributed by atoms with E-state index < -0.39 is 0 Å². The highest BCUT2D eigenvalue weighted by Gasteiger charge is 2.23. The Balaban J connectivity index is 1.61. The lowest BCUT2D eigenvalue weighted by Gasteiger charge is -2.30. The van der Waals surface area contributed by atoms with Crippen molar-refractivity contribution in [3.63, 3.8) is 0 Å². The topological polar surface area (TPSA) is 71.0 Å². The number of benzene rings is 2. The molecule has 0 spiro atoms. The van der Waals surface area contributed by atoms with Gasteiger partial charge in [-0.15, -0.1) is 0 Å². The third-order valence-electron chi connectivity index (χ3n) is 6.77. The van der Waals surface area contributed by atoms with Crippen molar-refractivity contribution in [3.05, 3.63) is 63.9 Å². The number of nitrogens with one attached hydrogen (secondary N) is 1. The predicted molar refractivity (Wildman–Crippen MR) is 134 cm³/mol. The minimum absolute atomic E-state index is 0.104. The largest absolute Gasteiger partial charge is 0.349 e. The molecule has 0 saturated carbocycles. The van der Waals surface area contributed by atoms with Crippen LogP contribution < -0.4 is 5.56 Å². The number of thioether (sulfide) groups is 1. The van der Waals surface area contributed by atoms with Gasteiger partial charge in [-0.05, 0) is 55.9 Å². The first-order valence-corrected chi connectivity index (χ1v) is 12.4. The summed E-state index contributed by atoms with van der Waals surface area (Å²) in [4.78, 5) is 36.8. The fourth-order valence-corrected chi connectivity index (χ4v) is 5.41. The van der Waals surface area contributed by atoms with Gasteiger partial charge in [0.1, 0.15) is 11.0 Å². The molecule has 170 valence electrons. The van der Waals surface area contributed by atoms with Gasteiger partial charge >= 0.3 is 0 Å². The van der Waals surface area contributed by atoms with E-state index in [1.54, 1.807) is 4.57 Å². The fourth-order valence-electron chi connectivity index (χ4n) is 4.51. The Labute approximate surface area is 197 Å². The first-order chi connectivity index (χ1) is 15.9. The Kier molecular flexibility index (Phi) is 5.74. The van der Waals surface area contributed by atoms with Crippen LogP contribution in [-0.2, 0) is 4.79 Å². The highest BCUT2D eigenvalue weighted by Crippen LogP contribution is 2.28. The quantitative estimate of drug-likeness (QED) is 0.350. The second-order valence-corrected chi connectivity index (χ2v) is 9.94. The normalized spacial score (nSPS) is 14.9. The Morgan fingerprint density at radius 2 is 1.88 bits per heavy atom. The van der Waals surface area contributed by atoms with Crippen LogP contribution in [0.2, 0.25) is 0 Å². The molecule has 3 heterocycles. The minimum Gasteiger partial charge on any atom is -0.349 e. The van der Waals surface area contributed by atoms with Crippen molar-refractivity contribution in [1.82, 2.24) is 19.4 Å². The Morgan fingerprint density at radius 1 is 1.12 bits per heavy atom. The number of hydrogen-bond acceptors (Lipinski definition) is 4. The van der Waals surface area contributed by atoms with Gasteiger partial charge in [-0.25, -0.2) is 4.98 Å². The number of H-pyrrole nitrogens is 1. The molecule has 0 aliphatic carbocycles. The van der Waals surface area contributed by atoms with Crippen molar-refractivity contribution in [2.45, 2.75) is 38.8 Å². The number of hydrogen-bond donors (Lipinski definition) is 1. The smallest absolute Gasteiger partial charge is 0.283 e. The average molecular weight is 461 g/mol. The van der Waals surface area contributed by atoms with Gasteiger partial charge in [0.05, 0.1) is 11.4 Å². The van der Waals surface area contributed by atoms with E-state index in [0.29, 0.717) is 22.1 Å². The van der Waals surface area contributed by atoms with Gasteiger partial charge in [0.2, 0.25) is 5.91 Å². The number of para-hydroxylation sites is 1. The van der Waals surface area contributed by atoms with Crippen LogP contribution in [-0.4, -0.2) is 44.2 Å². The Hall–Kier alpha value is -3.06. The summed E-state index contributed by atoms with van der Waals surface area (Å²) in [6.07, 6.45) is 2.09. The van der Waals surface area contributed by atoms with Crippen molar-refractivity contribution in [1.29, 1.82) is 0 Å². The highest BCUT2D eigenvalue weighted by atomic mass is 32.2. The first-order valence-electron chi connectivity index (χ1n) is 11.4. The van der Waals surface area contributed by atoms with Crippen LogP contribution in [0.25, 0.3) is 27.6 Å². The molecule has 6 nitrogen and oxygen atoms in total. The summed E-state index contributed by atoms with van der Waals surface area (Å²) in [7, 11) is 0. The number of amides is 1. The van der Waals surface area contributed by atoms with E-state index in [0.717, 1.165) is 53.6 Å². The number of nitrogens with zero attached hydrogens (tertiary/aromatic N) is 3. The summed E-state index contributed by atoms with van der Waals surface area (Å²) in [5.74, 6) is 1.04. The van der Waals surface area contributed by atoms with Gasteiger partial charge in [-0.2, -0.15) is 0 Å². The zero-order valence-electron chi connectivity index (χ0n) is 19.2. The zero-order valence-corrected chi connectivity index (χ0v) is 20.0. The van der Waals surface area contributed by atoms with E-state index in [4.69, 9.17) is 4.98 Å². The molecule has 7 heteroatoms. The van der Waals surface area contributed by atoms with Gasteiger partial charge in [-0.1, -0.05) is 49.0 Å².